The second-order valence-corrected chi connectivity index (χ2v) is 6.62. The zero-order valence-electron chi connectivity index (χ0n) is 13.5. The molecule has 6 heteroatoms. The molecule has 3 rings (SSSR count). The van der Waals surface area contributed by atoms with Gasteiger partial charge in [-0.2, -0.15) is 0 Å². The van der Waals surface area contributed by atoms with Gasteiger partial charge < -0.3 is 20.3 Å². The fourth-order valence-electron chi connectivity index (χ4n) is 2.65. The number of halogens is 1. The van der Waals surface area contributed by atoms with Crippen LogP contribution in [0.1, 0.15) is 5.56 Å². The van der Waals surface area contributed by atoms with Gasteiger partial charge in [-0.15, -0.1) is 0 Å². The number of ether oxygens (including phenoxy) is 1. The molecule has 1 aliphatic heterocycles. The van der Waals surface area contributed by atoms with Crippen molar-refractivity contribution in [1.82, 2.24) is 0 Å². The normalized spacial score (nSPS) is 14.3. The lowest BCUT2D eigenvalue weighted by Gasteiger charge is -2.30. The largest absolute Gasteiger partial charge is 0.378 e. The van der Waals surface area contributed by atoms with Crippen LogP contribution in [0.15, 0.2) is 46.9 Å². The van der Waals surface area contributed by atoms with Gasteiger partial charge in [-0.25, -0.2) is 4.79 Å². The molecule has 0 spiro atoms. The van der Waals surface area contributed by atoms with E-state index >= 15 is 0 Å². The molecule has 2 aromatic carbocycles. The summed E-state index contributed by atoms with van der Waals surface area (Å²) in [6.07, 6.45) is 0. The fraction of sp³-hybridized carbons (Fsp3) is 0.278. The van der Waals surface area contributed by atoms with E-state index in [0.717, 1.165) is 40.2 Å². The molecule has 126 valence electrons. The van der Waals surface area contributed by atoms with E-state index in [2.05, 4.69) is 43.6 Å². The maximum absolute atomic E-state index is 12.3. The third-order valence-corrected chi connectivity index (χ3v) is 4.38. The first kappa shape index (κ1) is 16.8. The summed E-state index contributed by atoms with van der Waals surface area (Å²) < 4.78 is 6.38. The zero-order valence-corrected chi connectivity index (χ0v) is 15.1. The average Bonchev–Trinajstić information content (AvgIpc) is 2.58. The van der Waals surface area contributed by atoms with Crippen molar-refractivity contribution in [1.29, 1.82) is 0 Å². The summed E-state index contributed by atoms with van der Waals surface area (Å²) >= 11 is 3.38. The highest BCUT2D eigenvalue weighted by Gasteiger charge is 2.16. The van der Waals surface area contributed by atoms with Gasteiger partial charge in [0.2, 0.25) is 0 Å². The lowest BCUT2D eigenvalue weighted by atomic mass is 10.1. The predicted octanol–water partition coefficient (Wildman–Crippen LogP) is 4.24. The quantitative estimate of drug-likeness (QED) is 0.825. The Hall–Kier alpha value is -2.05. The molecule has 0 saturated carbocycles. The number of hydrogen-bond donors (Lipinski definition) is 2. The molecule has 0 atom stereocenters. The fourth-order valence-corrected chi connectivity index (χ4v) is 2.91. The Kier molecular flexibility index (Phi) is 5.37. The van der Waals surface area contributed by atoms with Crippen molar-refractivity contribution in [3.8, 4) is 0 Å². The van der Waals surface area contributed by atoms with Crippen molar-refractivity contribution in [3.63, 3.8) is 0 Å². The van der Waals surface area contributed by atoms with Gasteiger partial charge in [0.1, 0.15) is 0 Å². The van der Waals surface area contributed by atoms with E-state index in [-0.39, 0.29) is 6.03 Å². The van der Waals surface area contributed by atoms with Gasteiger partial charge >= 0.3 is 6.03 Å². The summed E-state index contributed by atoms with van der Waals surface area (Å²) in [5.41, 5.74) is 3.68. The molecule has 0 radical (unpaired) electrons. The second-order valence-electron chi connectivity index (χ2n) is 5.71. The SMILES string of the molecule is Cc1ccc(N2CCOCC2)c(NC(=O)Nc2ccc(Br)cc2)c1. The van der Waals surface area contributed by atoms with Gasteiger partial charge in [0.25, 0.3) is 0 Å². The molecule has 0 bridgehead atoms. The minimum atomic E-state index is -0.252. The van der Waals surface area contributed by atoms with Crippen LogP contribution in [0.4, 0.5) is 21.9 Å². The number of anilines is 3. The van der Waals surface area contributed by atoms with Crippen LogP contribution >= 0.6 is 15.9 Å². The number of morpholine rings is 1. The molecule has 2 aromatic rings. The van der Waals surface area contributed by atoms with Gasteiger partial charge in [0.15, 0.2) is 0 Å². The van der Waals surface area contributed by atoms with Crippen LogP contribution in [0.2, 0.25) is 0 Å². The highest BCUT2D eigenvalue weighted by atomic mass is 79.9. The number of aryl methyl sites for hydroxylation is 1. The zero-order chi connectivity index (χ0) is 16.9. The molecule has 2 N–H and O–H groups in total. The predicted molar refractivity (Wildman–Crippen MR) is 101 cm³/mol. The summed E-state index contributed by atoms with van der Waals surface area (Å²) in [6, 6.07) is 13.3. The monoisotopic (exact) mass is 389 g/mol. The van der Waals surface area contributed by atoms with Crippen molar-refractivity contribution in [2.24, 2.45) is 0 Å². The summed E-state index contributed by atoms with van der Waals surface area (Å²) in [6.45, 7) is 5.08. The summed E-state index contributed by atoms with van der Waals surface area (Å²) in [5.74, 6) is 0. The number of benzene rings is 2. The van der Waals surface area contributed by atoms with Gasteiger partial charge in [-0.3, -0.25) is 0 Å². The Balaban J connectivity index is 1.74. The minimum Gasteiger partial charge on any atom is -0.378 e. The highest BCUT2D eigenvalue weighted by Crippen LogP contribution is 2.28. The number of carbonyl (C=O) groups is 1. The number of rotatable bonds is 3. The van der Waals surface area contributed by atoms with E-state index < -0.39 is 0 Å². The molecular weight excluding hydrogens is 370 g/mol. The van der Waals surface area contributed by atoms with E-state index in [1.807, 2.05) is 37.3 Å². The maximum Gasteiger partial charge on any atom is 0.323 e. The summed E-state index contributed by atoms with van der Waals surface area (Å²) in [7, 11) is 0. The third kappa shape index (κ3) is 4.27. The smallest absolute Gasteiger partial charge is 0.323 e. The Morgan fingerprint density at radius 3 is 2.50 bits per heavy atom. The molecule has 5 nitrogen and oxygen atoms in total. The van der Waals surface area contributed by atoms with E-state index in [1.54, 1.807) is 0 Å². The minimum absolute atomic E-state index is 0.252. The van der Waals surface area contributed by atoms with E-state index in [9.17, 15) is 4.79 Å². The van der Waals surface area contributed by atoms with E-state index in [1.165, 1.54) is 0 Å². The number of hydrogen-bond acceptors (Lipinski definition) is 3. The number of carbonyl (C=O) groups excluding carboxylic acids is 1. The van der Waals surface area contributed by atoms with Crippen LogP contribution in [-0.2, 0) is 4.74 Å². The van der Waals surface area contributed by atoms with Crippen LogP contribution in [0, 0.1) is 6.92 Å². The molecule has 0 aliphatic carbocycles. The van der Waals surface area contributed by atoms with Crippen molar-refractivity contribution < 1.29 is 9.53 Å². The van der Waals surface area contributed by atoms with Gasteiger partial charge in [0, 0.05) is 23.2 Å². The third-order valence-electron chi connectivity index (χ3n) is 3.85. The molecule has 1 fully saturated rings. The first-order chi connectivity index (χ1) is 11.6. The average molecular weight is 390 g/mol. The lowest BCUT2D eigenvalue weighted by molar-refractivity contribution is 0.123. The van der Waals surface area contributed by atoms with Crippen molar-refractivity contribution >= 4 is 39.0 Å². The van der Waals surface area contributed by atoms with Crippen molar-refractivity contribution in [2.45, 2.75) is 6.92 Å². The second kappa shape index (κ2) is 7.68. The lowest BCUT2D eigenvalue weighted by Crippen LogP contribution is -2.37. The van der Waals surface area contributed by atoms with E-state index in [0.29, 0.717) is 13.2 Å². The molecule has 1 aliphatic rings. The van der Waals surface area contributed by atoms with Crippen molar-refractivity contribution in [2.75, 3.05) is 41.8 Å². The van der Waals surface area contributed by atoms with Crippen LogP contribution < -0.4 is 15.5 Å². The number of nitrogens with zero attached hydrogens (tertiary/aromatic N) is 1. The van der Waals surface area contributed by atoms with E-state index in [4.69, 9.17) is 4.74 Å². The van der Waals surface area contributed by atoms with Crippen LogP contribution in [-0.4, -0.2) is 32.3 Å². The van der Waals surface area contributed by atoms with Crippen LogP contribution in [0.5, 0.6) is 0 Å². The maximum atomic E-state index is 12.3. The van der Waals surface area contributed by atoms with Gasteiger partial charge in [-0.1, -0.05) is 22.0 Å². The standard InChI is InChI=1S/C18H20BrN3O2/c1-13-2-7-17(22-8-10-24-11-9-22)16(12-13)21-18(23)20-15-5-3-14(19)4-6-15/h2-7,12H,8-11H2,1H3,(H2,20,21,23). The number of amides is 2. The molecular formula is C18H20BrN3O2. The Bertz CT molecular complexity index is 713. The topological polar surface area (TPSA) is 53.6 Å². The molecule has 1 saturated heterocycles. The van der Waals surface area contributed by atoms with Gasteiger partial charge in [0.05, 0.1) is 24.6 Å². The highest BCUT2D eigenvalue weighted by molar-refractivity contribution is 9.10. The molecule has 0 aromatic heterocycles. The molecule has 2 amide bonds. The Labute approximate surface area is 150 Å². The number of nitrogens with one attached hydrogen (secondary N) is 2. The summed E-state index contributed by atoms with van der Waals surface area (Å²) in [4.78, 5) is 14.6. The summed E-state index contributed by atoms with van der Waals surface area (Å²) in [5, 5.41) is 5.82. The first-order valence-electron chi connectivity index (χ1n) is 7.89. The Morgan fingerprint density at radius 2 is 1.79 bits per heavy atom. The van der Waals surface area contributed by atoms with Gasteiger partial charge in [-0.05, 0) is 48.9 Å². The first-order valence-corrected chi connectivity index (χ1v) is 8.68. The molecule has 24 heavy (non-hydrogen) atoms. The van der Waals surface area contributed by atoms with Crippen LogP contribution in [0.3, 0.4) is 0 Å². The van der Waals surface area contributed by atoms with Crippen molar-refractivity contribution in [3.05, 3.63) is 52.5 Å². The number of urea groups is 1. The Morgan fingerprint density at radius 1 is 1.08 bits per heavy atom. The molecule has 0 unspecified atom stereocenters. The molecule has 1 heterocycles. The van der Waals surface area contributed by atoms with Crippen LogP contribution in [0.25, 0.3) is 0 Å².